The molecule has 1 aromatic carbocycles. The summed E-state index contributed by atoms with van der Waals surface area (Å²) >= 11 is 0. The van der Waals surface area contributed by atoms with Crippen molar-refractivity contribution in [3.05, 3.63) is 41.6 Å². The highest BCUT2D eigenvalue weighted by atomic mass is 16.6. The summed E-state index contributed by atoms with van der Waals surface area (Å²) < 4.78 is 5.42. The van der Waals surface area contributed by atoms with Crippen molar-refractivity contribution in [1.29, 1.82) is 0 Å². The van der Waals surface area contributed by atoms with E-state index in [1.165, 1.54) is 25.7 Å². The van der Waals surface area contributed by atoms with E-state index >= 15 is 0 Å². The fraction of sp³-hybridized carbons (Fsp3) is 0.474. The first-order chi connectivity index (χ1) is 10.8. The maximum atomic E-state index is 12.0. The molecule has 0 radical (unpaired) electrons. The molecule has 116 valence electrons. The van der Waals surface area contributed by atoms with E-state index in [9.17, 15) is 4.79 Å². The highest BCUT2D eigenvalue weighted by molar-refractivity contribution is 6.07. The van der Waals surface area contributed by atoms with Gasteiger partial charge in [0, 0.05) is 5.92 Å². The summed E-state index contributed by atoms with van der Waals surface area (Å²) in [5, 5.41) is 0. The van der Waals surface area contributed by atoms with Gasteiger partial charge in [-0.3, -0.25) is 0 Å². The van der Waals surface area contributed by atoms with Crippen molar-refractivity contribution < 1.29 is 9.53 Å². The molecule has 3 rings (SSSR count). The van der Waals surface area contributed by atoms with Gasteiger partial charge in [0.05, 0.1) is 0 Å². The SMILES string of the molecule is CCCC1CCC(C2=N/C(=C\c3ccccc3)C(=O)O2)CC1. The molecule has 1 aromatic rings. The quantitative estimate of drug-likeness (QED) is 0.602. The van der Waals surface area contributed by atoms with E-state index < -0.39 is 0 Å². The maximum absolute atomic E-state index is 12.0. The van der Waals surface area contributed by atoms with Crippen LogP contribution in [-0.2, 0) is 9.53 Å². The Balaban J connectivity index is 1.67. The van der Waals surface area contributed by atoms with Crippen LogP contribution in [0, 0.1) is 11.8 Å². The van der Waals surface area contributed by atoms with Gasteiger partial charge < -0.3 is 4.74 Å². The number of esters is 1. The van der Waals surface area contributed by atoms with Gasteiger partial charge in [-0.05, 0) is 43.2 Å². The van der Waals surface area contributed by atoms with Crippen molar-refractivity contribution in [2.45, 2.75) is 45.4 Å². The minimum Gasteiger partial charge on any atom is -0.406 e. The second-order valence-corrected chi connectivity index (χ2v) is 6.29. The zero-order valence-electron chi connectivity index (χ0n) is 13.1. The second kappa shape index (κ2) is 6.91. The fourth-order valence-corrected chi connectivity index (χ4v) is 3.41. The normalized spacial score (nSPS) is 26.9. The Kier molecular flexibility index (Phi) is 4.71. The summed E-state index contributed by atoms with van der Waals surface area (Å²) in [6, 6.07) is 9.78. The van der Waals surface area contributed by atoms with Crippen LogP contribution < -0.4 is 0 Å². The molecule has 0 saturated heterocycles. The van der Waals surface area contributed by atoms with Crippen LogP contribution in [0.15, 0.2) is 41.0 Å². The molecule has 1 aliphatic heterocycles. The van der Waals surface area contributed by atoms with Crippen molar-refractivity contribution in [3.8, 4) is 0 Å². The molecule has 0 bridgehead atoms. The fourth-order valence-electron chi connectivity index (χ4n) is 3.41. The van der Waals surface area contributed by atoms with E-state index in [0.29, 0.717) is 17.5 Å². The van der Waals surface area contributed by atoms with Crippen LogP contribution in [0.3, 0.4) is 0 Å². The second-order valence-electron chi connectivity index (χ2n) is 6.29. The molecule has 1 saturated carbocycles. The number of aliphatic imine (C=N–C) groups is 1. The van der Waals surface area contributed by atoms with Crippen molar-refractivity contribution >= 4 is 17.9 Å². The van der Waals surface area contributed by atoms with Gasteiger partial charge in [0.2, 0.25) is 5.90 Å². The third-order valence-corrected chi connectivity index (χ3v) is 4.63. The summed E-state index contributed by atoms with van der Waals surface area (Å²) in [6.45, 7) is 2.25. The lowest BCUT2D eigenvalue weighted by atomic mass is 9.80. The number of carbonyl (C=O) groups is 1. The van der Waals surface area contributed by atoms with Crippen LogP contribution in [0.1, 0.15) is 51.0 Å². The largest absolute Gasteiger partial charge is 0.406 e. The Labute approximate surface area is 132 Å². The van der Waals surface area contributed by atoms with E-state index in [1.807, 2.05) is 30.3 Å². The maximum Gasteiger partial charge on any atom is 0.363 e. The van der Waals surface area contributed by atoms with Crippen LogP contribution in [0.2, 0.25) is 0 Å². The summed E-state index contributed by atoms with van der Waals surface area (Å²) in [6.07, 6.45) is 9.02. The van der Waals surface area contributed by atoms with E-state index in [0.717, 1.165) is 24.3 Å². The Morgan fingerprint density at radius 3 is 2.59 bits per heavy atom. The summed E-state index contributed by atoms with van der Waals surface area (Å²) in [5.74, 6) is 1.49. The number of rotatable bonds is 4. The highest BCUT2D eigenvalue weighted by Gasteiger charge is 2.32. The molecule has 0 spiro atoms. The number of hydrogen-bond acceptors (Lipinski definition) is 3. The molecule has 0 aromatic heterocycles. The first-order valence-electron chi connectivity index (χ1n) is 8.33. The van der Waals surface area contributed by atoms with Crippen LogP contribution in [-0.4, -0.2) is 11.9 Å². The predicted molar refractivity (Wildman–Crippen MR) is 88.3 cm³/mol. The van der Waals surface area contributed by atoms with Crippen LogP contribution in [0.4, 0.5) is 0 Å². The molecule has 0 atom stereocenters. The van der Waals surface area contributed by atoms with Gasteiger partial charge in [0.1, 0.15) is 0 Å². The first kappa shape index (κ1) is 15.0. The van der Waals surface area contributed by atoms with E-state index in [4.69, 9.17) is 4.74 Å². The molecule has 3 nitrogen and oxygen atoms in total. The Morgan fingerprint density at radius 2 is 1.91 bits per heavy atom. The third-order valence-electron chi connectivity index (χ3n) is 4.63. The zero-order valence-corrected chi connectivity index (χ0v) is 13.1. The minimum atomic E-state index is -0.311. The van der Waals surface area contributed by atoms with Crippen LogP contribution in [0.5, 0.6) is 0 Å². The van der Waals surface area contributed by atoms with E-state index in [1.54, 1.807) is 6.08 Å². The van der Waals surface area contributed by atoms with Crippen LogP contribution >= 0.6 is 0 Å². The van der Waals surface area contributed by atoms with Gasteiger partial charge in [0.15, 0.2) is 5.70 Å². The van der Waals surface area contributed by atoms with Crippen molar-refractivity contribution in [3.63, 3.8) is 0 Å². The Morgan fingerprint density at radius 1 is 1.18 bits per heavy atom. The van der Waals surface area contributed by atoms with E-state index in [-0.39, 0.29) is 5.97 Å². The van der Waals surface area contributed by atoms with Crippen LogP contribution in [0.25, 0.3) is 6.08 Å². The standard InChI is InChI=1S/C19H23NO2/c1-2-6-14-9-11-16(12-10-14)18-20-17(19(21)22-18)13-15-7-4-3-5-8-15/h3-5,7-8,13-14,16H,2,6,9-12H2,1H3/b17-13-. The number of benzene rings is 1. The van der Waals surface area contributed by atoms with Gasteiger partial charge in [-0.2, -0.15) is 0 Å². The molecule has 1 heterocycles. The molecule has 22 heavy (non-hydrogen) atoms. The van der Waals surface area contributed by atoms with Gasteiger partial charge in [-0.15, -0.1) is 0 Å². The van der Waals surface area contributed by atoms with E-state index in [2.05, 4.69) is 11.9 Å². The van der Waals surface area contributed by atoms with Gasteiger partial charge in [0.25, 0.3) is 0 Å². The summed E-state index contributed by atoms with van der Waals surface area (Å²) in [4.78, 5) is 16.5. The number of ether oxygens (including phenoxy) is 1. The zero-order chi connectivity index (χ0) is 15.4. The van der Waals surface area contributed by atoms with Crippen molar-refractivity contribution in [2.24, 2.45) is 16.8 Å². The average molecular weight is 297 g/mol. The summed E-state index contributed by atoms with van der Waals surface area (Å²) in [7, 11) is 0. The molecular weight excluding hydrogens is 274 g/mol. The molecular formula is C19H23NO2. The number of carbonyl (C=O) groups excluding carboxylic acids is 1. The summed E-state index contributed by atoms with van der Waals surface area (Å²) in [5.41, 5.74) is 1.41. The highest BCUT2D eigenvalue weighted by Crippen LogP contribution is 2.34. The van der Waals surface area contributed by atoms with Gasteiger partial charge in [-0.25, -0.2) is 9.79 Å². The smallest absolute Gasteiger partial charge is 0.363 e. The number of cyclic esters (lactones) is 1. The number of nitrogens with zero attached hydrogens (tertiary/aromatic N) is 1. The molecule has 2 aliphatic rings. The van der Waals surface area contributed by atoms with Gasteiger partial charge in [-0.1, -0.05) is 50.1 Å². The lowest BCUT2D eigenvalue weighted by molar-refractivity contribution is -0.130. The topological polar surface area (TPSA) is 38.7 Å². The third kappa shape index (κ3) is 3.46. The van der Waals surface area contributed by atoms with Crippen molar-refractivity contribution in [1.82, 2.24) is 0 Å². The lowest BCUT2D eigenvalue weighted by Crippen LogP contribution is -2.22. The first-order valence-corrected chi connectivity index (χ1v) is 8.33. The molecule has 0 N–H and O–H groups in total. The monoisotopic (exact) mass is 297 g/mol. The molecule has 1 aliphatic carbocycles. The molecule has 0 amide bonds. The van der Waals surface area contributed by atoms with Crippen molar-refractivity contribution in [2.75, 3.05) is 0 Å². The lowest BCUT2D eigenvalue weighted by Gasteiger charge is -2.27. The minimum absolute atomic E-state index is 0.311. The molecule has 0 unspecified atom stereocenters. The predicted octanol–water partition coefficient (Wildman–Crippen LogP) is 4.59. The Bertz CT molecular complexity index is 581. The molecule has 3 heteroatoms. The van der Waals surface area contributed by atoms with Gasteiger partial charge >= 0.3 is 5.97 Å². The number of hydrogen-bond donors (Lipinski definition) is 0. The average Bonchev–Trinajstić information content (AvgIpc) is 2.90. The Hall–Kier alpha value is -1.90. The molecule has 1 fully saturated rings.